The summed E-state index contributed by atoms with van der Waals surface area (Å²) in [6.07, 6.45) is 1.77. The molecule has 198 valence electrons. The molecule has 1 saturated heterocycles. The number of anilines is 3. The van der Waals surface area contributed by atoms with Crippen molar-refractivity contribution < 1.29 is 13.9 Å². The Hall–Kier alpha value is -4.57. The number of amides is 1. The van der Waals surface area contributed by atoms with E-state index in [1.54, 1.807) is 6.20 Å². The van der Waals surface area contributed by atoms with Crippen LogP contribution in [0, 0.1) is 0 Å². The van der Waals surface area contributed by atoms with E-state index in [1.807, 2.05) is 66.7 Å². The van der Waals surface area contributed by atoms with Gasteiger partial charge in [0.2, 0.25) is 6.17 Å². The number of aliphatic imine (C=N–C) groups is 1. The van der Waals surface area contributed by atoms with Gasteiger partial charge in [0, 0.05) is 23.9 Å². The van der Waals surface area contributed by atoms with Crippen LogP contribution in [0.3, 0.4) is 0 Å². The molecule has 4 aromatic rings. The molecule has 2 aliphatic rings. The van der Waals surface area contributed by atoms with E-state index in [1.165, 1.54) is 0 Å². The van der Waals surface area contributed by atoms with Crippen LogP contribution in [-0.4, -0.2) is 58.3 Å². The molecule has 2 aromatic heterocycles. The Morgan fingerprint density at radius 1 is 1.03 bits per heavy atom. The van der Waals surface area contributed by atoms with Crippen molar-refractivity contribution in [2.24, 2.45) is 4.99 Å². The fourth-order valence-electron chi connectivity index (χ4n) is 4.92. The van der Waals surface area contributed by atoms with Crippen molar-refractivity contribution in [1.29, 1.82) is 0 Å². The Morgan fingerprint density at radius 2 is 1.82 bits per heavy atom. The summed E-state index contributed by atoms with van der Waals surface area (Å²) in [5, 5.41) is 14.5. The van der Waals surface area contributed by atoms with Crippen LogP contribution in [0.1, 0.15) is 31.4 Å². The highest BCUT2D eigenvalue weighted by molar-refractivity contribution is 6.19. The lowest BCUT2D eigenvalue weighted by Crippen LogP contribution is -2.49. The summed E-state index contributed by atoms with van der Waals surface area (Å²) in [6, 6.07) is 21.4. The average Bonchev–Trinajstić information content (AvgIpc) is 3.39. The number of morpholine rings is 1. The minimum absolute atomic E-state index is 0.0807. The molecule has 0 spiro atoms. The molecule has 2 aromatic carbocycles. The highest BCUT2D eigenvalue weighted by Gasteiger charge is 2.31. The van der Waals surface area contributed by atoms with Gasteiger partial charge in [-0.15, -0.1) is 5.10 Å². The van der Waals surface area contributed by atoms with Crippen LogP contribution in [0.4, 0.5) is 17.5 Å². The number of ether oxygens (including phenoxy) is 1. The van der Waals surface area contributed by atoms with Gasteiger partial charge in [0.15, 0.2) is 0 Å². The lowest BCUT2D eigenvalue weighted by atomic mass is 10.0. The Bertz CT molecular complexity index is 1500. The largest absolute Gasteiger partial charge is 0.403 e. The number of para-hydroxylation sites is 1. The first-order valence-electron chi connectivity index (χ1n) is 13.1. The Balaban J connectivity index is 1.31. The van der Waals surface area contributed by atoms with Crippen LogP contribution in [0.5, 0.6) is 0 Å². The van der Waals surface area contributed by atoms with Crippen LogP contribution in [0.25, 0.3) is 11.5 Å². The summed E-state index contributed by atoms with van der Waals surface area (Å²) in [5.74, 6) is 0.740. The molecule has 1 amide bonds. The van der Waals surface area contributed by atoms with E-state index < -0.39 is 6.17 Å². The highest BCUT2D eigenvalue weighted by Crippen LogP contribution is 2.32. The second kappa shape index (κ2) is 10.7. The number of hydrogen-bond donors (Lipinski definition) is 2. The average molecular weight is 524 g/mol. The smallest absolute Gasteiger partial charge is 0.317 e. The molecule has 0 radical (unpaired) electrons. The topological polar surface area (TPSA) is 118 Å². The Morgan fingerprint density at radius 3 is 2.67 bits per heavy atom. The zero-order valence-electron chi connectivity index (χ0n) is 21.7. The van der Waals surface area contributed by atoms with Gasteiger partial charge >= 0.3 is 6.01 Å². The molecule has 3 atom stereocenters. The van der Waals surface area contributed by atoms with E-state index in [0.717, 1.165) is 28.9 Å². The van der Waals surface area contributed by atoms with Gasteiger partial charge < -0.3 is 24.7 Å². The first kappa shape index (κ1) is 24.7. The van der Waals surface area contributed by atoms with Gasteiger partial charge in [-0.3, -0.25) is 4.79 Å². The quantitative estimate of drug-likeness (QED) is 0.383. The van der Waals surface area contributed by atoms with Crippen LogP contribution >= 0.6 is 0 Å². The molecule has 0 aliphatic carbocycles. The van der Waals surface area contributed by atoms with Gasteiger partial charge in [0.25, 0.3) is 11.8 Å². The standard InChI is InChI=1S/C29H29N7O3/c1-3-20-17-38-18(2)16-36(20)26-22(13-9-15-30-26)28-34-35-29(39-28)33-25-27(37)31-23-14-8-7-12-21(23)24(32-25)19-10-5-4-6-11-19/h4-15,18,20,25H,3,16-17H2,1-2H3,(H,31,37)(H,33,35)/t18-,20-,25?/m0/s1. The molecule has 2 aliphatic heterocycles. The summed E-state index contributed by atoms with van der Waals surface area (Å²) in [7, 11) is 0. The predicted molar refractivity (Wildman–Crippen MR) is 149 cm³/mol. The fraction of sp³-hybridized carbons (Fsp3) is 0.276. The number of nitrogens with zero attached hydrogens (tertiary/aromatic N) is 5. The van der Waals surface area contributed by atoms with E-state index >= 15 is 0 Å². The summed E-state index contributed by atoms with van der Waals surface area (Å²) < 4.78 is 11.9. The number of carbonyl (C=O) groups is 1. The minimum atomic E-state index is -0.987. The van der Waals surface area contributed by atoms with Crippen LogP contribution in [-0.2, 0) is 9.53 Å². The number of pyridine rings is 1. The minimum Gasteiger partial charge on any atom is -0.403 e. The molecule has 39 heavy (non-hydrogen) atoms. The van der Waals surface area contributed by atoms with Gasteiger partial charge in [-0.25, -0.2) is 9.98 Å². The second-order valence-corrected chi connectivity index (χ2v) is 9.57. The van der Waals surface area contributed by atoms with Crippen molar-refractivity contribution in [2.45, 2.75) is 38.6 Å². The maximum Gasteiger partial charge on any atom is 0.317 e. The molecule has 10 nitrogen and oxygen atoms in total. The summed E-state index contributed by atoms with van der Waals surface area (Å²) in [6.45, 7) is 5.53. The number of aromatic nitrogens is 3. The lowest BCUT2D eigenvalue weighted by molar-refractivity contribution is -0.116. The molecule has 6 rings (SSSR count). The van der Waals surface area contributed by atoms with E-state index in [9.17, 15) is 4.79 Å². The predicted octanol–water partition coefficient (Wildman–Crippen LogP) is 4.36. The molecule has 4 heterocycles. The van der Waals surface area contributed by atoms with Crippen molar-refractivity contribution in [2.75, 3.05) is 28.7 Å². The normalized spacial score (nSPS) is 21.0. The number of benzene rings is 2. The molecule has 10 heteroatoms. The maximum atomic E-state index is 13.2. The lowest BCUT2D eigenvalue weighted by Gasteiger charge is -2.39. The molecule has 1 fully saturated rings. The first-order chi connectivity index (χ1) is 19.1. The number of nitrogens with one attached hydrogen (secondary N) is 2. The molecule has 0 bridgehead atoms. The summed E-state index contributed by atoms with van der Waals surface area (Å²) in [5.41, 5.74) is 3.81. The van der Waals surface area contributed by atoms with Crippen molar-refractivity contribution in [3.63, 3.8) is 0 Å². The number of carbonyl (C=O) groups excluding carboxylic acids is 1. The maximum absolute atomic E-state index is 13.2. The van der Waals surface area contributed by atoms with Gasteiger partial charge in [0.05, 0.1) is 35.7 Å². The third kappa shape index (κ3) is 4.98. The zero-order chi connectivity index (χ0) is 26.8. The van der Waals surface area contributed by atoms with E-state index in [0.29, 0.717) is 30.4 Å². The van der Waals surface area contributed by atoms with Gasteiger partial charge in [-0.1, -0.05) is 60.6 Å². The Kier molecular flexibility index (Phi) is 6.76. The zero-order valence-corrected chi connectivity index (χ0v) is 21.7. The summed E-state index contributed by atoms with van der Waals surface area (Å²) >= 11 is 0. The van der Waals surface area contributed by atoms with Crippen molar-refractivity contribution in [1.82, 2.24) is 15.2 Å². The first-order valence-corrected chi connectivity index (χ1v) is 13.1. The number of fused-ring (bicyclic) bond motifs is 1. The highest BCUT2D eigenvalue weighted by atomic mass is 16.5. The number of benzodiazepines with no additional fused rings is 1. The van der Waals surface area contributed by atoms with Gasteiger partial charge in [-0.05, 0) is 31.5 Å². The van der Waals surface area contributed by atoms with Crippen LogP contribution < -0.4 is 15.5 Å². The summed E-state index contributed by atoms with van der Waals surface area (Å²) in [4.78, 5) is 24.9. The third-order valence-electron chi connectivity index (χ3n) is 6.91. The number of rotatable bonds is 6. The number of hydrogen-bond acceptors (Lipinski definition) is 9. The Labute approximate surface area is 226 Å². The third-order valence-corrected chi connectivity index (χ3v) is 6.91. The van der Waals surface area contributed by atoms with Gasteiger partial charge in [-0.2, -0.15) is 0 Å². The van der Waals surface area contributed by atoms with E-state index in [-0.39, 0.29) is 24.1 Å². The van der Waals surface area contributed by atoms with Crippen LogP contribution in [0.15, 0.2) is 82.3 Å². The van der Waals surface area contributed by atoms with E-state index in [4.69, 9.17) is 14.1 Å². The second-order valence-electron chi connectivity index (χ2n) is 9.57. The van der Waals surface area contributed by atoms with Crippen molar-refractivity contribution >= 4 is 29.1 Å². The molecular weight excluding hydrogens is 494 g/mol. The molecule has 1 unspecified atom stereocenters. The monoisotopic (exact) mass is 523 g/mol. The van der Waals surface area contributed by atoms with Crippen molar-refractivity contribution in [3.8, 4) is 11.5 Å². The van der Waals surface area contributed by atoms with Crippen LogP contribution in [0.2, 0.25) is 0 Å². The van der Waals surface area contributed by atoms with Crippen molar-refractivity contribution in [3.05, 3.63) is 84.1 Å². The fourth-order valence-corrected chi connectivity index (χ4v) is 4.92. The van der Waals surface area contributed by atoms with Gasteiger partial charge in [0.1, 0.15) is 5.82 Å². The molecular formula is C29H29N7O3. The SMILES string of the molecule is CC[C@H]1CO[C@@H](C)CN1c1ncccc1-c1nnc(NC2N=C(c3ccccc3)c3ccccc3NC2=O)o1. The molecule has 0 saturated carbocycles. The molecule has 2 N–H and O–H groups in total. The van der Waals surface area contributed by atoms with E-state index in [2.05, 4.69) is 44.6 Å².